The van der Waals surface area contributed by atoms with E-state index in [-0.39, 0.29) is 12.2 Å². The van der Waals surface area contributed by atoms with Crippen molar-refractivity contribution in [2.75, 3.05) is 0 Å². The summed E-state index contributed by atoms with van der Waals surface area (Å²) in [5.74, 6) is 1.05. The van der Waals surface area contributed by atoms with Crippen LogP contribution in [0.4, 0.5) is 4.39 Å². The van der Waals surface area contributed by atoms with Gasteiger partial charge in [-0.25, -0.2) is 4.39 Å². The van der Waals surface area contributed by atoms with E-state index in [1.165, 1.54) is 12.1 Å². The maximum Gasteiger partial charge on any atom is 0.247 e. The largest absolute Gasteiger partial charge is 0.420 e. The lowest BCUT2D eigenvalue weighted by Crippen LogP contribution is -1.89. The summed E-state index contributed by atoms with van der Waals surface area (Å²) >= 11 is 5.96. The summed E-state index contributed by atoms with van der Waals surface area (Å²) in [6.07, 6.45) is 0.196. The number of hydrogen-bond acceptors (Lipinski definition) is 6. The van der Waals surface area contributed by atoms with Crippen molar-refractivity contribution in [3.8, 4) is 22.8 Å². The lowest BCUT2D eigenvalue weighted by atomic mass is 10.2. The fourth-order valence-electron chi connectivity index (χ4n) is 2.24. The highest BCUT2D eigenvalue weighted by Gasteiger charge is 2.14. The van der Waals surface area contributed by atoms with Crippen LogP contribution in [-0.4, -0.2) is 20.3 Å². The quantitative estimate of drug-likeness (QED) is 0.546. The second kappa shape index (κ2) is 6.45. The summed E-state index contributed by atoms with van der Waals surface area (Å²) in [5, 5.41) is 12.4. The molecule has 8 heteroatoms. The Bertz CT molecular complexity index is 1010. The molecule has 0 fully saturated rings. The molecule has 124 valence electrons. The smallest absolute Gasteiger partial charge is 0.247 e. The van der Waals surface area contributed by atoms with Crippen LogP contribution in [0.5, 0.6) is 0 Å². The Morgan fingerprint density at radius 2 is 1.80 bits per heavy atom. The predicted molar refractivity (Wildman–Crippen MR) is 87.2 cm³/mol. The molecule has 0 N–H and O–H groups in total. The van der Waals surface area contributed by atoms with Crippen LogP contribution in [0.1, 0.15) is 11.8 Å². The predicted octanol–water partition coefficient (Wildman–Crippen LogP) is 4.17. The van der Waals surface area contributed by atoms with E-state index in [1.807, 2.05) is 6.07 Å². The van der Waals surface area contributed by atoms with Crippen molar-refractivity contribution in [2.45, 2.75) is 6.42 Å². The van der Waals surface area contributed by atoms with Crippen LogP contribution < -0.4 is 0 Å². The Morgan fingerprint density at radius 3 is 2.60 bits per heavy atom. The van der Waals surface area contributed by atoms with Gasteiger partial charge in [0.25, 0.3) is 0 Å². The molecule has 2 aromatic heterocycles. The zero-order valence-electron chi connectivity index (χ0n) is 12.7. The minimum atomic E-state index is -0.327. The van der Waals surface area contributed by atoms with Gasteiger partial charge in [-0.2, -0.15) is 4.98 Å². The second-order valence-electron chi connectivity index (χ2n) is 5.21. The summed E-state index contributed by atoms with van der Waals surface area (Å²) in [5.41, 5.74) is 1.38. The van der Waals surface area contributed by atoms with Crippen molar-refractivity contribution in [1.29, 1.82) is 0 Å². The van der Waals surface area contributed by atoms with Crippen LogP contribution in [0.3, 0.4) is 0 Å². The van der Waals surface area contributed by atoms with Gasteiger partial charge in [-0.15, -0.1) is 10.2 Å². The van der Waals surface area contributed by atoms with E-state index in [0.29, 0.717) is 34.1 Å². The Labute approximate surface area is 146 Å². The topological polar surface area (TPSA) is 77.8 Å². The zero-order chi connectivity index (χ0) is 17.2. The molecule has 0 bridgehead atoms. The number of halogens is 2. The van der Waals surface area contributed by atoms with E-state index >= 15 is 0 Å². The van der Waals surface area contributed by atoms with E-state index < -0.39 is 0 Å². The maximum atomic E-state index is 13.0. The lowest BCUT2D eigenvalue weighted by molar-refractivity contribution is 0.374. The molecule has 0 saturated heterocycles. The summed E-state index contributed by atoms with van der Waals surface area (Å²) in [7, 11) is 0. The van der Waals surface area contributed by atoms with Crippen molar-refractivity contribution in [3.63, 3.8) is 0 Å². The highest BCUT2D eigenvalue weighted by atomic mass is 35.5. The Hall–Kier alpha value is -3.06. The third-order valence-electron chi connectivity index (χ3n) is 3.41. The molecule has 4 aromatic rings. The van der Waals surface area contributed by atoms with Crippen LogP contribution in [0.25, 0.3) is 22.8 Å². The second-order valence-corrected chi connectivity index (χ2v) is 5.64. The van der Waals surface area contributed by atoms with Crippen molar-refractivity contribution >= 4 is 11.6 Å². The van der Waals surface area contributed by atoms with Gasteiger partial charge >= 0.3 is 0 Å². The van der Waals surface area contributed by atoms with Gasteiger partial charge in [-0.1, -0.05) is 22.8 Å². The summed E-state index contributed by atoms with van der Waals surface area (Å²) in [6, 6.07) is 12.9. The Balaban J connectivity index is 1.52. The number of rotatable bonds is 4. The normalized spacial score (nSPS) is 11.0. The highest BCUT2D eigenvalue weighted by molar-refractivity contribution is 6.30. The molecular weight excluding hydrogens is 347 g/mol. The van der Waals surface area contributed by atoms with Gasteiger partial charge in [0.15, 0.2) is 0 Å². The van der Waals surface area contributed by atoms with Crippen molar-refractivity contribution in [2.24, 2.45) is 0 Å². The number of aromatic nitrogens is 4. The molecular formula is C17H10ClFN4O2. The van der Waals surface area contributed by atoms with Crippen LogP contribution in [0.15, 0.2) is 57.5 Å². The molecule has 0 aliphatic heterocycles. The van der Waals surface area contributed by atoms with Gasteiger partial charge in [-0.3, -0.25) is 0 Å². The molecule has 6 nitrogen and oxygen atoms in total. The molecule has 0 radical (unpaired) electrons. The third kappa shape index (κ3) is 3.41. The van der Waals surface area contributed by atoms with Gasteiger partial charge in [0.1, 0.15) is 12.2 Å². The zero-order valence-corrected chi connectivity index (χ0v) is 13.4. The average molecular weight is 357 g/mol. The molecule has 0 unspecified atom stereocenters. The van der Waals surface area contributed by atoms with Gasteiger partial charge in [-0.05, 0) is 42.5 Å². The van der Waals surface area contributed by atoms with Crippen molar-refractivity contribution in [3.05, 3.63) is 71.2 Å². The Morgan fingerprint density at radius 1 is 0.960 bits per heavy atom. The van der Waals surface area contributed by atoms with Gasteiger partial charge < -0.3 is 8.94 Å². The average Bonchev–Trinajstić information content (AvgIpc) is 3.26. The molecule has 0 aliphatic carbocycles. The highest BCUT2D eigenvalue weighted by Crippen LogP contribution is 2.22. The van der Waals surface area contributed by atoms with Crippen LogP contribution in [-0.2, 0) is 6.42 Å². The first-order valence-electron chi connectivity index (χ1n) is 7.34. The third-order valence-corrected chi connectivity index (χ3v) is 3.65. The SMILES string of the molecule is Fc1ccc(-c2noc(Cc3nnc(-c4cccc(Cl)c4)o3)n2)cc1. The molecule has 0 spiro atoms. The van der Waals surface area contributed by atoms with Gasteiger partial charge in [0, 0.05) is 16.1 Å². The van der Waals surface area contributed by atoms with Crippen LogP contribution >= 0.6 is 11.6 Å². The van der Waals surface area contributed by atoms with Crippen molar-refractivity contribution < 1.29 is 13.3 Å². The lowest BCUT2D eigenvalue weighted by Gasteiger charge is -1.94. The van der Waals surface area contributed by atoms with E-state index in [9.17, 15) is 4.39 Å². The molecule has 2 aromatic carbocycles. The molecule has 2 heterocycles. The Kier molecular flexibility index (Phi) is 3.99. The molecule has 4 rings (SSSR count). The molecule has 0 amide bonds. The van der Waals surface area contributed by atoms with Gasteiger partial charge in [0.05, 0.1) is 0 Å². The first-order chi connectivity index (χ1) is 12.2. The minimum Gasteiger partial charge on any atom is -0.420 e. The van der Waals surface area contributed by atoms with Crippen molar-refractivity contribution in [1.82, 2.24) is 20.3 Å². The summed E-state index contributed by atoms with van der Waals surface area (Å²) in [6.45, 7) is 0. The maximum absolute atomic E-state index is 13.0. The van der Waals surface area contributed by atoms with E-state index in [4.69, 9.17) is 20.5 Å². The number of nitrogens with zero attached hydrogens (tertiary/aromatic N) is 4. The first-order valence-corrected chi connectivity index (χ1v) is 7.72. The number of hydrogen-bond donors (Lipinski definition) is 0. The van der Waals surface area contributed by atoms with Crippen LogP contribution in [0, 0.1) is 5.82 Å². The summed E-state index contributed by atoms with van der Waals surface area (Å²) < 4.78 is 23.7. The van der Waals surface area contributed by atoms with E-state index in [2.05, 4.69) is 20.3 Å². The standard InChI is InChI=1S/C17H10ClFN4O2/c18-12-3-1-2-11(8-12)17-22-21-15(24-17)9-14-20-16(23-25-14)10-4-6-13(19)7-5-10/h1-8H,9H2. The first kappa shape index (κ1) is 15.5. The minimum absolute atomic E-state index is 0.196. The van der Waals surface area contributed by atoms with Crippen LogP contribution in [0.2, 0.25) is 5.02 Å². The molecule has 0 saturated carbocycles. The molecule has 0 atom stereocenters. The van der Waals surface area contributed by atoms with Gasteiger partial charge in [0.2, 0.25) is 23.5 Å². The number of benzene rings is 2. The monoisotopic (exact) mass is 356 g/mol. The van der Waals surface area contributed by atoms with E-state index in [1.54, 1.807) is 30.3 Å². The molecule has 25 heavy (non-hydrogen) atoms. The fraction of sp³-hybridized carbons (Fsp3) is 0.0588. The van der Waals surface area contributed by atoms with E-state index in [0.717, 1.165) is 5.56 Å². The fourth-order valence-corrected chi connectivity index (χ4v) is 2.43. The summed E-state index contributed by atoms with van der Waals surface area (Å²) in [4.78, 5) is 4.25. The molecule has 0 aliphatic rings.